The average Bonchev–Trinajstić information content (AvgIpc) is 1.83. The molecule has 12 heavy (non-hydrogen) atoms. The van der Waals surface area contributed by atoms with Crippen LogP contribution in [-0.2, 0) is 4.74 Å². The molecule has 1 rings (SSSR count). The zero-order valence-corrected chi connectivity index (χ0v) is 8.90. The fraction of sp³-hybridized carbons (Fsp3) is 0.818. The summed E-state index contributed by atoms with van der Waals surface area (Å²) in [5.41, 5.74) is 1.87. The Labute approximate surface area is 75.8 Å². The maximum absolute atomic E-state index is 5.61. The van der Waals surface area contributed by atoms with Crippen molar-refractivity contribution >= 4 is 0 Å². The lowest BCUT2D eigenvalue weighted by Gasteiger charge is -2.35. The Bertz CT molecular complexity index is 194. The highest BCUT2D eigenvalue weighted by Gasteiger charge is 2.28. The van der Waals surface area contributed by atoms with Crippen LogP contribution in [-0.4, -0.2) is 12.2 Å². The Kier molecular flexibility index (Phi) is 2.35. The molecule has 70 valence electrons. The van der Waals surface area contributed by atoms with Crippen LogP contribution in [0.15, 0.2) is 11.6 Å². The van der Waals surface area contributed by atoms with Gasteiger partial charge in [-0.15, -0.1) is 0 Å². The van der Waals surface area contributed by atoms with Crippen LogP contribution in [0.4, 0.5) is 0 Å². The van der Waals surface area contributed by atoms with E-state index in [1.54, 1.807) is 0 Å². The highest BCUT2D eigenvalue weighted by atomic mass is 16.5. The summed E-state index contributed by atoms with van der Waals surface area (Å²) in [5, 5.41) is 0. The first-order valence-corrected chi connectivity index (χ1v) is 4.65. The van der Waals surface area contributed by atoms with E-state index in [1.807, 2.05) is 0 Å². The van der Waals surface area contributed by atoms with E-state index in [2.05, 4.69) is 40.7 Å². The predicted molar refractivity (Wildman–Crippen MR) is 52.2 cm³/mol. The highest BCUT2D eigenvalue weighted by molar-refractivity contribution is 5.15. The zero-order chi connectivity index (χ0) is 9.41. The Balaban J connectivity index is 2.75. The van der Waals surface area contributed by atoms with Gasteiger partial charge in [0.1, 0.15) is 0 Å². The normalized spacial score (nSPS) is 23.6. The molecule has 1 aliphatic heterocycles. The van der Waals surface area contributed by atoms with Gasteiger partial charge in [-0.3, -0.25) is 0 Å². The van der Waals surface area contributed by atoms with E-state index in [0.717, 1.165) is 13.0 Å². The predicted octanol–water partition coefficient (Wildman–Crippen LogP) is 3.16. The van der Waals surface area contributed by atoms with Gasteiger partial charge >= 0.3 is 0 Å². The standard InChI is InChI=1S/C11H20O/c1-10(2,3)9-6-7-12-11(4,5)8-9/h6H,7-8H2,1-5H3. The van der Waals surface area contributed by atoms with Crippen molar-refractivity contribution in [3.63, 3.8) is 0 Å². The summed E-state index contributed by atoms with van der Waals surface area (Å²) >= 11 is 0. The second-order valence-corrected chi connectivity index (χ2v) is 5.23. The van der Waals surface area contributed by atoms with E-state index < -0.39 is 0 Å². The molecule has 0 aromatic carbocycles. The van der Waals surface area contributed by atoms with Gasteiger partial charge in [-0.1, -0.05) is 32.4 Å². The Hall–Kier alpha value is -0.300. The molecule has 0 bridgehead atoms. The number of hydrogen-bond acceptors (Lipinski definition) is 1. The molecule has 0 saturated heterocycles. The van der Waals surface area contributed by atoms with Crippen LogP contribution >= 0.6 is 0 Å². The first-order chi connectivity index (χ1) is 5.31. The summed E-state index contributed by atoms with van der Waals surface area (Å²) in [7, 11) is 0. The van der Waals surface area contributed by atoms with Crippen molar-refractivity contribution in [1.29, 1.82) is 0 Å². The molecule has 0 amide bonds. The summed E-state index contributed by atoms with van der Waals surface area (Å²) in [6.07, 6.45) is 3.29. The molecule has 0 N–H and O–H groups in total. The number of rotatable bonds is 0. The minimum absolute atomic E-state index is 0.0391. The molecule has 1 aliphatic rings. The molecule has 1 heterocycles. The monoisotopic (exact) mass is 168 g/mol. The molecule has 0 aliphatic carbocycles. The van der Waals surface area contributed by atoms with Crippen LogP contribution in [0.3, 0.4) is 0 Å². The topological polar surface area (TPSA) is 9.23 Å². The van der Waals surface area contributed by atoms with Gasteiger partial charge in [-0.05, 0) is 25.7 Å². The van der Waals surface area contributed by atoms with E-state index in [0.29, 0.717) is 5.41 Å². The van der Waals surface area contributed by atoms with Crippen molar-refractivity contribution in [3.05, 3.63) is 11.6 Å². The van der Waals surface area contributed by atoms with Gasteiger partial charge in [0.2, 0.25) is 0 Å². The van der Waals surface area contributed by atoms with Crippen LogP contribution < -0.4 is 0 Å². The summed E-state index contributed by atoms with van der Waals surface area (Å²) < 4.78 is 5.61. The van der Waals surface area contributed by atoms with Gasteiger partial charge in [0, 0.05) is 0 Å². The van der Waals surface area contributed by atoms with Gasteiger partial charge < -0.3 is 4.74 Å². The van der Waals surface area contributed by atoms with E-state index in [4.69, 9.17) is 4.74 Å². The van der Waals surface area contributed by atoms with E-state index in [9.17, 15) is 0 Å². The molecule has 0 aromatic rings. The van der Waals surface area contributed by atoms with Gasteiger partial charge in [-0.25, -0.2) is 0 Å². The van der Waals surface area contributed by atoms with Crippen LogP contribution in [0.5, 0.6) is 0 Å². The summed E-state index contributed by atoms with van der Waals surface area (Å²) in [6, 6.07) is 0. The third-order valence-electron chi connectivity index (χ3n) is 2.38. The smallest absolute Gasteiger partial charge is 0.0667 e. The van der Waals surface area contributed by atoms with Crippen molar-refractivity contribution in [1.82, 2.24) is 0 Å². The average molecular weight is 168 g/mol. The molecule has 0 saturated carbocycles. The minimum Gasteiger partial charge on any atom is -0.371 e. The molecule has 0 radical (unpaired) electrons. The minimum atomic E-state index is 0.0391. The number of hydrogen-bond donors (Lipinski definition) is 0. The quantitative estimate of drug-likeness (QED) is 0.505. The summed E-state index contributed by atoms with van der Waals surface area (Å²) in [4.78, 5) is 0. The lowest BCUT2D eigenvalue weighted by molar-refractivity contribution is -0.0139. The largest absolute Gasteiger partial charge is 0.371 e. The maximum atomic E-state index is 5.61. The molecular formula is C11H20O. The van der Waals surface area contributed by atoms with Gasteiger partial charge in [0.15, 0.2) is 0 Å². The lowest BCUT2D eigenvalue weighted by Crippen LogP contribution is -2.31. The Morgan fingerprint density at radius 3 is 2.25 bits per heavy atom. The third kappa shape index (κ3) is 2.34. The van der Waals surface area contributed by atoms with Gasteiger partial charge in [-0.2, -0.15) is 0 Å². The first-order valence-electron chi connectivity index (χ1n) is 4.65. The molecule has 0 aromatic heterocycles. The summed E-state index contributed by atoms with van der Waals surface area (Å²) in [6.45, 7) is 11.9. The molecular weight excluding hydrogens is 148 g/mol. The molecule has 0 fully saturated rings. The van der Waals surface area contributed by atoms with Crippen LogP contribution in [0.1, 0.15) is 41.0 Å². The van der Waals surface area contributed by atoms with Crippen molar-refractivity contribution in [3.8, 4) is 0 Å². The maximum Gasteiger partial charge on any atom is 0.0667 e. The van der Waals surface area contributed by atoms with Crippen LogP contribution in [0.2, 0.25) is 0 Å². The van der Waals surface area contributed by atoms with Crippen molar-refractivity contribution < 1.29 is 4.74 Å². The van der Waals surface area contributed by atoms with Gasteiger partial charge in [0.05, 0.1) is 12.2 Å². The van der Waals surface area contributed by atoms with Gasteiger partial charge in [0.25, 0.3) is 0 Å². The fourth-order valence-electron chi connectivity index (χ4n) is 1.52. The summed E-state index contributed by atoms with van der Waals surface area (Å²) in [5.74, 6) is 0. The Morgan fingerprint density at radius 2 is 1.92 bits per heavy atom. The Morgan fingerprint density at radius 1 is 1.33 bits per heavy atom. The second-order valence-electron chi connectivity index (χ2n) is 5.23. The van der Waals surface area contributed by atoms with Crippen molar-refractivity contribution in [2.75, 3.05) is 6.61 Å². The molecule has 1 heteroatoms. The van der Waals surface area contributed by atoms with Crippen molar-refractivity contribution in [2.24, 2.45) is 5.41 Å². The zero-order valence-electron chi connectivity index (χ0n) is 8.90. The highest BCUT2D eigenvalue weighted by Crippen LogP contribution is 2.35. The molecule has 1 nitrogen and oxygen atoms in total. The SMILES string of the molecule is CC1(C)CC(C(C)(C)C)=CCO1. The molecule has 0 unspecified atom stereocenters. The second kappa shape index (κ2) is 2.88. The fourth-order valence-corrected chi connectivity index (χ4v) is 1.52. The van der Waals surface area contributed by atoms with E-state index >= 15 is 0 Å². The number of ether oxygens (including phenoxy) is 1. The molecule has 0 atom stereocenters. The first kappa shape index (κ1) is 9.79. The molecule has 0 spiro atoms. The van der Waals surface area contributed by atoms with E-state index in [1.165, 1.54) is 5.57 Å². The van der Waals surface area contributed by atoms with E-state index in [-0.39, 0.29) is 5.60 Å². The van der Waals surface area contributed by atoms with Crippen molar-refractivity contribution in [2.45, 2.75) is 46.6 Å². The van der Waals surface area contributed by atoms with Crippen LogP contribution in [0, 0.1) is 5.41 Å². The van der Waals surface area contributed by atoms with Crippen LogP contribution in [0.25, 0.3) is 0 Å². The lowest BCUT2D eigenvalue weighted by atomic mass is 9.79. The third-order valence-corrected chi connectivity index (χ3v) is 2.38.